The molecular weight excluding hydrogens is 326 g/mol. The van der Waals surface area contributed by atoms with Crippen LogP contribution in [0.5, 0.6) is 0 Å². The van der Waals surface area contributed by atoms with Gasteiger partial charge < -0.3 is 10.2 Å². The highest BCUT2D eigenvalue weighted by Crippen LogP contribution is 2.25. The first-order valence-electron chi connectivity index (χ1n) is 8.37. The second kappa shape index (κ2) is 8.48. The van der Waals surface area contributed by atoms with Crippen LogP contribution in [0.25, 0.3) is 0 Å². The Kier molecular flexibility index (Phi) is 6.62. The number of benzene rings is 1. The van der Waals surface area contributed by atoms with E-state index in [9.17, 15) is 13.2 Å². The predicted molar refractivity (Wildman–Crippen MR) is 94.9 cm³/mol. The van der Waals surface area contributed by atoms with Crippen LogP contribution in [0, 0.1) is 5.92 Å². The molecule has 2 amide bonds. The summed E-state index contributed by atoms with van der Waals surface area (Å²) in [6.07, 6.45) is 4.98. The standard InChI is InChI=1S/C17H27N3O3S/c1-18-24(22,23)13-16-9-7-14(8-10-16)11-19-17(21)20(2)12-15-5-3-4-6-15/h7-10,15,18H,3-6,11-13H2,1-2H3,(H,19,21). The highest BCUT2D eigenvalue weighted by Gasteiger charge is 2.19. The second-order valence-electron chi connectivity index (χ2n) is 6.47. The van der Waals surface area contributed by atoms with E-state index >= 15 is 0 Å². The number of hydrogen-bond acceptors (Lipinski definition) is 3. The Morgan fingerprint density at radius 3 is 2.33 bits per heavy atom. The fourth-order valence-electron chi connectivity index (χ4n) is 3.02. The fraction of sp³-hybridized carbons (Fsp3) is 0.588. The molecule has 24 heavy (non-hydrogen) atoms. The molecule has 0 spiro atoms. The quantitative estimate of drug-likeness (QED) is 0.788. The van der Waals surface area contributed by atoms with Crippen LogP contribution >= 0.6 is 0 Å². The van der Waals surface area contributed by atoms with Crippen LogP contribution < -0.4 is 10.0 Å². The summed E-state index contributed by atoms with van der Waals surface area (Å²) >= 11 is 0. The molecular formula is C17H27N3O3S. The van der Waals surface area contributed by atoms with Crippen molar-refractivity contribution in [1.82, 2.24) is 14.9 Å². The molecule has 1 aliphatic carbocycles. The molecule has 0 aromatic heterocycles. The molecule has 0 aliphatic heterocycles. The number of nitrogens with zero attached hydrogens (tertiary/aromatic N) is 1. The van der Waals surface area contributed by atoms with Crippen LogP contribution in [-0.4, -0.2) is 40.0 Å². The largest absolute Gasteiger partial charge is 0.334 e. The van der Waals surface area contributed by atoms with E-state index in [1.165, 1.54) is 32.7 Å². The third-order valence-corrected chi connectivity index (χ3v) is 5.82. The van der Waals surface area contributed by atoms with Crippen molar-refractivity contribution in [2.75, 3.05) is 20.6 Å². The highest BCUT2D eigenvalue weighted by molar-refractivity contribution is 7.88. The van der Waals surface area contributed by atoms with Crippen LogP contribution in [0.1, 0.15) is 36.8 Å². The van der Waals surface area contributed by atoms with Gasteiger partial charge in [0.15, 0.2) is 0 Å². The minimum Gasteiger partial charge on any atom is -0.334 e. The molecule has 1 aromatic carbocycles. The fourth-order valence-corrected chi connectivity index (χ4v) is 3.80. The van der Waals surface area contributed by atoms with Crippen LogP contribution in [-0.2, 0) is 22.3 Å². The van der Waals surface area contributed by atoms with E-state index in [0.717, 1.165) is 17.7 Å². The molecule has 0 saturated heterocycles. The highest BCUT2D eigenvalue weighted by atomic mass is 32.2. The summed E-state index contributed by atoms with van der Waals surface area (Å²) in [6.45, 7) is 1.25. The van der Waals surface area contributed by atoms with Gasteiger partial charge in [0, 0.05) is 20.1 Å². The minimum atomic E-state index is -3.26. The van der Waals surface area contributed by atoms with E-state index in [0.29, 0.717) is 12.5 Å². The monoisotopic (exact) mass is 353 g/mol. The summed E-state index contributed by atoms with van der Waals surface area (Å²) in [4.78, 5) is 13.9. The van der Waals surface area contributed by atoms with Crippen molar-refractivity contribution in [2.24, 2.45) is 5.92 Å². The lowest BCUT2D eigenvalue weighted by molar-refractivity contribution is 0.200. The van der Waals surface area contributed by atoms with Crippen LogP contribution in [0.3, 0.4) is 0 Å². The number of rotatable bonds is 7. The second-order valence-corrected chi connectivity index (χ2v) is 8.40. The zero-order valence-electron chi connectivity index (χ0n) is 14.4. The first-order valence-corrected chi connectivity index (χ1v) is 10.0. The first kappa shape index (κ1) is 18.7. The van der Waals surface area contributed by atoms with Gasteiger partial charge in [-0.1, -0.05) is 37.1 Å². The van der Waals surface area contributed by atoms with E-state index in [1.807, 2.05) is 19.2 Å². The Morgan fingerprint density at radius 1 is 1.17 bits per heavy atom. The summed E-state index contributed by atoms with van der Waals surface area (Å²) in [5.41, 5.74) is 1.67. The summed E-state index contributed by atoms with van der Waals surface area (Å²) in [7, 11) is -0.0236. The Bertz CT molecular complexity index is 638. The minimum absolute atomic E-state index is 0.0414. The number of nitrogens with one attached hydrogen (secondary N) is 2. The Morgan fingerprint density at radius 2 is 1.75 bits per heavy atom. The average molecular weight is 353 g/mol. The van der Waals surface area contributed by atoms with Crippen molar-refractivity contribution in [2.45, 2.75) is 38.0 Å². The Balaban J connectivity index is 1.79. The lowest BCUT2D eigenvalue weighted by Gasteiger charge is -2.21. The zero-order valence-corrected chi connectivity index (χ0v) is 15.2. The summed E-state index contributed by atoms with van der Waals surface area (Å²) < 4.78 is 25.3. The molecule has 2 rings (SSSR count). The summed E-state index contributed by atoms with van der Waals surface area (Å²) in [5.74, 6) is 0.592. The van der Waals surface area contributed by atoms with Crippen molar-refractivity contribution in [3.05, 3.63) is 35.4 Å². The average Bonchev–Trinajstić information content (AvgIpc) is 3.06. The van der Waals surface area contributed by atoms with Gasteiger partial charge in [-0.25, -0.2) is 17.9 Å². The lowest BCUT2D eigenvalue weighted by Crippen LogP contribution is -2.39. The number of carbonyl (C=O) groups is 1. The van der Waals surface area contributed by atoms with Crippen molar-refractivity contribution in [1.29, 1.82) is 0 Å². The zero-order chi connectivity index (χ0) is 17.6. The molecule has 2 N–H and O–H groups in total. The van der Waals surface area contributed by atoms with E-state index in [-0.39, 0.29) is 11.8 Å². The SMILES string of the molecule is CNS(=O)(=O)Cc1ccc(CNC(=O)N(C)CC2CCCC2)cc1. The van der Waals surface area contributed by atoms with Crippen molar-refractivity contribution < 1.29 is 13.2 Å². The van der Waals surface area contributed by atoms with E-state index in [2.05, 4.69) is 10.0 Å². The summed E-state index contributed by atoms with van der Waals surface area (Å²) in [5, 5.41) is 2.91. The van der Waals surface area contributed by atoms with E-state index < -0.39 is 10.0 Å². The van der Waals surface area contributed by atoms with Gasteiger partial charge in [0.2, 0.25) is 10.0 Å². The van der Waals surface area contributed by atoms with Gasteiger partial charge in [-0.05, 0) is 36.9 Å². The molecule has 0 atom stereocenters. The van der Waals surface area contributed by atoms with Gasteiger partial charge >= 0.3 is 6.03 Å². The third-order valence-electron chi connectivity index (χ3n) is 4.49. The topological polar surface area (TPSA) is 78.5 Å². The molecule has 1 aliphatic rings. The molecule has 1 fully saturated rings. The lowest BCUT2D eigenvalue weighted by atomic mass is 10.1. The van der Waals surface area contributed by atoms with Gasteiger partial charge in [0.25, 0.3) is 0 Å². The van der Waals surface area contributed by atoms with Crippen LogP contribution in [0.4, 0.5) is 4.79 Å². The number of hydrogen-bond donors (Lipinski definition) is 2. The molecule has 1 saturated carbocycles. The Hall–Kier alpha value is -1.60. The molecule has 0 heterocycles. The van der Waals surface area contributed by atoms with Gasteiger partial charge in [-0.15, -0.1) is 0 Å². The van der Waals surface area contributed by atoms with Gasteiger partial charge in [-0.2, -0.15) is 0 Å². The molecule has 0 bridgehead atoms. The number of sulfonamides is 1. The molecule has 6 nitrogen and oxygen atoms in total. The van der Waals surface area contributed by atoms with Crippen molar-refractivity contribution in [3.8, 4) is 0 Å². The first-order chi connectivity index (χ1) is 11.4. The molecule has 134 valence electrons. The number of urea groups is 1. The molecule has 0 radical (unpaired) electrons. The smallest absolute Gasteiger partial charge is 0.317 e. The molecule has 7 heteroatoms. The van der Waals surface area contributed by atoms with E-state index in [1.54, 1.807) is 17.0 Å². The summed E-state index contributed by atoms with van der Waals surface area (Å²) in [6, 6.07) is 7.18. The third kappa shape index (κ3) is 5.79. The number of amides is 2. The van der Waals surface area contributed by atoms with Gasteiger partial charge in [0.1, 0.15) is 0 Å². The molecule has 1 aromatic rings. The maximum Gasteiger partial charge on any atom is 0.317 e. The van der Waals surface area contributed by atoms with Crippen molar-refractivity contribution >= 4 is 16.1 Å². The maximum absolute atomic E-state index is 12.1. The van der Waals surface area contributed by atoms with Gasteiger partial charge in [0.05, 0.1) is 5.75 Å². The maximum atomic E-state index is 12.1. The normalized spacial score (nSPS) is 15.4. The van der Waals surface area contributed by atoms with E-state index in [4.69, 9.17) is 0 Å². The van der Waals surface area contributed by atoms with Crippen molar-refractivity contribution in [3.63, 3.8) is 0 Å². The van der Waals surface area contributed by atoms with Crippen LogP contribution in [0.15, 0.2) is 24.3 Å². The van der Waals surface area contributed by atoms with Gasteiger partial charge in [-0.3, -0.25) is 0 Å². The predicted octanol–water partition coefficient (Wildman–Crippen LogP) is 2.07. The number of carbonyl (C=O) groups excluding carboxylic acids is 1. The molecule has 0 unspecified atom stereocenters. The van der Waals surface area contributed by atoms with Crippen LogP contribution in [0.2, 0.25) is 0 Å². The Labute approximate surface area is 144 Å².